The van der Waals surface area contributed by atoms with Gasteiger partial charge in [0, 0.05) is 27.2 Å². The van der Waals surface area contributed by atoms with E-state index in [1.54, 1.807) is 0 Å². The van der Waals surface area contributed by atoms with Gasteiger partial charge < -0.3 is 9.13 Å². The van der Waals surface area contributed by atoms with E-state index in [2.05, 4.69) is 155 Å². The highest BCUT2D eigenvalue weighted by molar-refractivity contribution is 7.24. The van der Waals surface area contributed by atoms with Crippen molar-refractivity contribution in [2.24, 2.45) is 0 Å². The minimum absolute atomic E-state index is 1.17. The number of nitrogens with zero attached hydrogens (tertiary/aromatic N) is 2. The topological polar surface area (TPSA) is 9.86 Å². The summed E-state index contributed by atoms with van der Waals surface area (Å²) in [5, 5.41) is 7.79. The average Bonchev–Trinajstić information content (AvgIpc) is 3.41. The molecule has 0 amide bonds. The second-order valence-corrected chi connectivity index (χ2v) is 12.4. The van der Waals surface area contributed by atoms with Gasteiger partial charge in [0.25, 0.3) is 0 Å². The smallest absolute Gasteiger partial charge is 0.0719 e. The van der Waals surface area contributed by atoms with E-state index in [1.165, 1.54) is 86.3 Å². The van der Waals surface area contributed by atoms with Gasteiger partial charge in [-0.25, -0.2) is 0 Å². The average molecular weight is 565 g/mol. The number of hydrogen-bond donors (Lipinski definition) is 0. The number of fused-ring (bicyclic) bond motifs is 8. The fourth-order valence-electron chi connectivity index (χ4n) is 7.30. The molecule has 0 N–H and O–H groups in total. The van der Waals surface area contributed by atoms with E-state index in [4.69, 9.17) is 0 Å². The highest BCUT2D eigenvalue weighted by Crippen LogP contribution is 2.47. The highest BCUT2D eigenvalue weighted by Gasteiger charge is 2.22. The molecule has 0 radical (unpaired) electrons. The van der Waals surface area contributed by atoms with Crippen LogP contribution in [-0.2, 0) is 0 Å². The summed E-state index contributed by atoms with van der Waals surface area (Å²) in [7, 11) is 0. The number of aromatic nitrogens is 2. The Kier molecular flexibility index (Phi) is 4.63. The summed E-state index contributed by atoms with van der Waals surface area (Å²) in [6, 6.07) is 53.4. The molecule has 0 atom stereocenters. The van der Waals surface area contributed by atoms with Crippen LogP contribution in [0.2, 0.25) is 0 Å². The van der Waals surface area contributed by atoms with Crippen LogP contribution in [0, 0.1) is 0 Å². The molecule has 0 fully saturated rings. The lowest BCUT2D eigenvalue weighted by molar-refractivity contribution is 1.18. The molecule has 3 heteroatoms. The fraction of sp³-hybridized carbons (Fsp3) is 0. The molecule has 8 aromatic rings. The third kappa shape index (κ3) is 3.12. The van der Waals surface area contributed by atoms with Gasteiger partial charge in [-0.15, -0.1) is 11.3 Å². The molecule has 10 rings (SSSR count). The fourth-order valence-corrected chi connectivity index (χ4v) is 8.41. The van der Waals surface area contributed by atoms with Crippen molar-refractivity contribution in [3.8, 4) is 22.5 Å². The van der Waals surface area contributed by atoms with Gasteiger partial charge in [-0.1, -0.05) is 97.1 Å². The van der Waals surface area contributed by atoms with Crippen molar-refractivity contribution in [2.45, 2.75) is 0 Å². The van der Waals surface area contributed by atoms with E-state index >= 15 is 0 Å². The Labute approximate surface area is 251 Å². The lowest BCUT2D eigenvalue weighted by atomic mass is 9.92. The molecule has 43 heavy (non-hydrogen) atoms. The van der Waals surface area contributed by atoms with Gasteiger partial charge in [-0.3, -0.25) is 0 Å². The van der Waals surface area contributed by atoms with Crippen LogP contribution in [0.25, 0.3) is 86.3 Å². The van der Waals surface area contributed by atoms with Gasteiger partial charge in [0.05, 0.1) is 37.2 Å². The molecule has 2 aliphatic heterocycles. The zero-order valence-electron chi connectivity index (χ0n) is 23.2. The van der Waals surface area contributed by atoms with Gasteiger partial charge in [-0.2, -0.15) is 0 Å². The molecule has 7 aromatic carbocycles. The lowest BCUT2D eigenvalue weighted by Crippen LogP contribution is -2.04. The summed E-state index contributed by atoms with van der Waals surface area (Å²) < 4.78 is 7.46. The molecule has 0 aliphatic carbocycles. The number of pyridine rings is 1. The Morgan fingerprint density at radius 1 is 0.395 bits per heavy atom. The van der Waals surface area contributed by atoms with Crippen LogP contribution in [0.3, 0.4) is 0 Å². The zero-order chi connectivity index (χ0) is 28.1. The van der Waals surface area contributed by atoms with Crippen molar-refractivity contribution in [3.05, 3.63) is 146 Å². The summed E-state index contributed by atoms with van der Waals surface area (Å²) in [6.07, 6.45) is 0. The van der Waals surface area contributed by atoms with Gasteiger partial charge in [0.1, 0.15) is 0 Å². The van der Waals surface area contributed by atoms with Gasteiger partial charge in [0.2, 0.25) is 0 Å². The Morgan fingerprint density at radius 3 is 1.63 bits per heavy atom. The van der Waals surface area contributed by atoms with Gasteiger partial charge in [0.15, 0.2) is 0 Å². The van der Waals surface area contributed by atoms with Crippen LogP contribution in [-0.4, -0.2) is 9.13 Å². The highest BCUT2D eigenvalue weighted by atomic mass is 32.1. The minimum Gasteiger partial charge on any atom is -0.309 e. The van der Waals surface area contributed by atoms with Crippen LogP contribution in [0.15, 0.2) is 146 Å². The third-order valence-electron chi connectivity index (χ3n) is 9.10. The first-order valence-electron chi connectivity index (χ1n) is 14.7. The van der Waals surface area contributed by atoms with E-state index < -0.39 is 0 Å². The normalized spacial score (nSPS) is 12.2. The second-order valence-electron chi connectivity index (χ2n) is 11.3. The molecule has 200 valence electrons. The maximum Gasteiger partial charge on any atom is 0.0719 e. The molecule has 0 saturated carbocycles. The van der Waals surface area contributed by atoms with Crippen molar-refractivity contribution >= 4 is 75.1 Å². The van der Waals surface area contributed by atoms with Crippen molar-refractivity contribution < 1.29 is 0 Å². The second kappa shape index (κ2) is 8.57. The Morgan fingerprint density at radius 2 is 0.930 bits per heavy atom. The molecule has 0 saturated heterocycles. The van der Waals surface area contributed by atoms with Gasteiger partial charge >= 0.3 is 0 Å². The van der Waals surface area contributed by atoms with Crippen LogP contribution >= 0.6 is 11.3 Å². The lowest BCUT2D eigenvalue weighted by Gasteiger charge is -2.25. The zero-order valence-corrected chi connectivity index (χ0v) is 24.0. The van der Waals surface area contributed by atoms with Gasteiger partial charge in [-0.05, 0) is 70.4 Å². The molecule has 0 spiro atoms. The first kappa shape index (κ1) is 23.2. The molecular weight excluding hydrogens is 541 g/mol. The summed E-state index contributed by atoms with van der Waals surface area (Å²) in [5.74, 6) is 0. The predicted octanol–water partition coefficient (Wildman–Crippen LogP) is 11.4. The molecule has 3 heterocycles. The first-order chi connectivity index (χ1) is 21.3. The Balaban J connectivity index is 1.27. The van der Waals surface area contributed by atoms with Crippen molar-refractivity contribution in [1.82, 2.24) is 9.13 Å². The molecule has 1 aromatic heterocycles. The molecule has 2 nitrogen and oxygen atoms in total. The van der Waals surface area contributed by atoms with Crippen LogP contribution in [0.4, 0.5) is 0 Å². The molecule has 0 unspecified atom stereocenters. The monoisotopic (exact) mass is 564 g/mol. The molecule has 2 aliphatic rings. The number of rotatable bonds is 2. The molecular formula is C40H24N2S. The van der Waals surface area contributed by atoms with Crippen molar-refractivity contribution in [1.29, 1.82) is 0 Å². The van der Waals surface area contributed by atoms with Crippen LogP contribution in [0.5, 0.6) is 0 Å². The standard InChI is InChI=1S/C40H24N2S/c1-4-15-33-27(10-1)28-11-2-5-16-34(28)41(33)26-22-20-25(21-23-26)32-24-38-40-39-30(13-9-14-31(32)39)29-12-3-6-17-35(29)42(40)36-18-7-8-19-37(36)43-38/h1-24H. The quantitative estimate of drug-likeness (QED) is 0.146. The predicted molar refractivity (Wildman–Crippen MR) is 185 cm³/mol. The Bertz CT molecular complexity index is 2610. The molecule has 0 bridgehead atoms. The first-order valence-corrected chi connectivity index (χ1v) is 15.5. The summed E-state index contributed by atoms with van der Waals surface area (Å²) in [4.78, 5) is 0. The Hall–Kier alpha value is -5.38. The van der Waals surface area contributed by atoms with Crippen LogP contribution in [0.1, 0.15) is 0 Å². The number of para-hydroxylation sites is 4. The van der Waals surface area contributed by atoms with Crippen molar-refractivity contribution in [3.63, 3.8) is 0 Å². The summed E-state index contributed by atoms with van der Waals surface area (Å²) >= 11 is 1.89. The maximum atomic E-state index is 2.49. The third-order valence-corrected chi connectivity index (χ3v) is 10.2. The van der Waals surface area contributed by atoms with E-state index in [9.17, 15) is 0 Å². The SMILES string of the molecule is c1ccc2c(c1)sc1cc(-c3ccc(-n4c5ccccc5c5ccccc54)cc3)c3cccc4c5ccccc5n2-c1c34. The maximum absolute atomic E-state index is 2.49. The van der Waals surface area contributed by atoms with E-state index in [0.717, 1.165) is 0 Å². The summed E-state index contributed by atoms with van der Waals surface area (Å²) in [5.41, 5.74) is 9.95. The number of benzene rings is 7. The van der Waals surface area contributed by atoms with Crippen LogP contribution < -0.4 is 0 Å². The van der Waals surface area contributed by atoms with Crippen molar-refractivity contribution in [2.75, 3.05) is 0 Å². The van der Waals surface area contributed by atoms with E-state index in [1.807, 2.05) is 11.3 Å². The minimum atomic E-state index is 1.17. The largest absolute Gasteiger partial charge is 0.309 e. The summed E-state index contributed by atoms with van der Waals surface area (Å²) in [6.45, 7) is 0. The number of hydrogen-bond acceptors (Lipinski definition) is 1. The van der Waals surface area contributed by atoms with E-state index in [-0.39, 0.29) is 0 Å². The van der Waals surface area contributed by atoms with E-state index in [0.29, 0.717) is 0 Å².